The Labute approximate surface area is 134 Å². The number of anilines is 1. The minimum Gasteiger partial charge on any atom is -0.369 e. The Morgan fingerprint density at radius 3 is 2.67 bits per heavy atom. The van der Waals surface area contributed by atoms with Crippen molar-refractivity contribution in [2.75, 3.05) is 18.0 Å². The number of carbonyl (C=O) groups is 1. The Bertz CT molecular complexity index is 505. The first-order valence-electron chi connectivity index (χ1n) is 7.68. The molecule has 1 saturated carbocycles. The summed E-state index contributed by atoms with van der Waals surface area (Å²) in [7, 11) is 0. The topological polar surface area (TPSA) is 58.4 Å². The summed E-state index contributed by atoms with van der Waals surface area (Å²) < 4.78 is 1.09. The molecule has 114 valence electrons. The predicted molar refractivity (Wildman–Crippen MR) is 88.2 cm³/mol. The number of benzene rings is 1. The van der Waals surface area contributed by atoms with Gasteiger partial charge in [-0.05, 0) is 49.9 Å². The Balaban J connectivity index is 1.52. The van der Waals surface area contributed by atoms with E-state index in [0.717, 1.165) is 43.2 Å². The van der Waals surface area contributed by atoms with Gasteiger partial charge in [-0.3, -0.25) is 4.79 Å². The molecule has 0 radical (unpaired) electrons. The normalized spacial score (nSPS) is 28.9. The second kappa shape index (κ2) is 6.36. The van der Waals surface area contributed by atoms with Gasteiger partial charge in [0.05, 0.1) is 0 Å². The molecule has 0 spiro atoms. The molecule has 1 aliphatic heterocycles. The van der Waals surface area contributed by atoms with Gasteiger partial charge >= 0.3 is 0 Å². The van der Waals surface area contributed by atoms with E-state index < -0.39 is 0 Å². The first-order chi connectivity index (χ1) is 10.1. The first kappa shape index (κ1) is 14.9. The van der Waals surface area contributed by atoms with Crippen molar-refractivity contribution in [2.24, 2.45) is 11.7 Å². The second-order valence-corrected chi connectivity index (χ2v) is 7.10. The van der Waals surface area contributed by atoms with Gasteiger partial charge in [-0.2, -0.15) is 0 Å². The third-order valence-electron chi connectivity index (χ3n) is 4.57. The third kappa shape index (κ3) is 3.58. The number of halogens is 1. The molecule has 1 amide bonds. The van der Waals surface area contributed by atoms with Crippen molar-refractivity contribution < 1.29 is 4.79 Å². The van der Waals surface area contributed by atoms with E-state index in [2.05, 4.69) is 50.4 Å². The minimum atomic E-state index is 0.127. The molecular weight excluding hydrogens is 330 g/mol. The minimum absolute atomic E-state index is 0.127. The van der Waals surface area contributed by atoms with Gasteiger partial charge in [-0.25, -0.2) is 0 Å². The number of hydrogen-bond acceptors (Lipinski definition) is 3. The van der Waals surface area contributed by atoms with Crippen LogP contribution in [0.3, 0.4) is 0 Å². The van der Waals surface area contributed by atoms with E-state index in [4.69, 9.17) is 5.73 Å². The molecular formula is C16H22BrN3O. The predicted octanol–water partition coefficient (Wildman–Crippen LogP) is 2.27. The van der Waals surface area contributed by atoms with E-state index in [1.807, 2.05) is 0 Å². The van der Waals surface area contributed by atoms with E-state index in [-0.39, 0.29) is 23.9 Å². The molecule has 1 heterocycles. The van der Waals surface area contributed by atoms with E-state index in [9.17, 15) is 4.79 Å². The van der Waals surface area contributed by atoms with Crippen molar-refractivity contribution >= 4 is 27.5 Å². The average Bonchev–Trinajstić information content (AvgIpc) is 3.09. The fourth-order valence-corrected chi connectivity index (χ4v) is 3.60. The van der Waals surface area contributed by atoms with Crippen LogP contribution in [-0.4, -0.2) is 31.1 Å². The van der Waals surface area contributed by atoms with Crippen LogP contribution in [0.4, 0.5) is 5.69 Å². The van der Waals surface area contributed by atoms with E-state index in [1.165, 1.54) is 5.69 Å². The molecule has 3 rings (SSSR count). The second-order valence-electron chi connectivity index (χ2n) is 6.19. The molecule has 0 aromatic heterocycles. The summed E-state index contributed by atoms with van der Waals surface area (Å²) in [6.07, 6.45) is 3.78. The summed E-state index contributed by atoms with van der Waals surface area (Å²) in [5.74, 6) is 0.326. The summed E-state index contributed by atoms with van der Waals surface area (Å²) in [6, 6.07) is 8.82. The molecule has 1 aromatic carbocycles. The van der Waals surface area contributed by atoms with Crippen LogP contribution in [-0.2, 0) is 4.79 Å². The van der Waals surface area contributed by atoms with Crippen LogP contribution in [0, 0.1) is 5.92 Å². The molecule has 3 unspecified atom stereocenters. The molecule has 1 saturated heterocycles. The summed E-state index contributed by atoms with van der Waals surface area (Å²) in [6.45, 7) is 1.89. The zero-order chi connectivity index (χ0) is 14.8. The number of rotatable bonds is 3. The SMILES string of the molecule is NC1CCC(C(=O)NC2CCN(c3ccc(Br)cc3)C2)C1. The highest BCUT2D eigenvalue weighted by atomic mass is 79.9. The van der Waals surface area contributed by atoms with Crippen LogP contribution in [0.25, 0.3) is 0 Å². The molecule has 21 heavy (non-hydrogen) atoms. The molecule has 1 aromatic rings. The standard InChI is InChI=1S/C16H22BrN3O/c17-12-2-5-15(6-3-12)20-8-7-14(10-20)19-16(21)11-1-4-13(18)9-11/h2-3,5-6,11,13-14H,1,4,7-10,18H2,(H,19,21). The summed E-state index contributed by atoms with van der Waals surface area (Å²) >= 11 is 3.46. The van der Waals surface area contributed by atoms with Gasteiger partial charge in [0.1, 0.15) is 0 Å². The van der Waals surface area contributed by atoms with Gasteiger partial charge in [-0.15, -0.1) is 0 Å². The van der Waals surface area contributed by atoms with E-state index in [0.29, 0.717) is 0 Å². The lowest BCUT2D eigenvalue weighted by Gasteiger charge is -2.20. The van der Waals surface area contributed by atoms with Crippen LogP contribution < -0.4 is 16.0 Å². The van der Waals surface area contributed by atoms with Gasteiger partial charge in [0.15, 0.2) is 0 Å². The number of nitrogens with one attached hydrogen (secondary N) is 1. The Hall–Kier alpha value is -1.07. The molecule has 3 N–H and O–H groups in total. The highest BCUT2D eigenvalue weighted by Gasteiger charge is 2.31. The van der Waals surface area contributed by atoms with Crippen LogP contribution in [0.2, 0.25) is 0 Å². The molecule has 4 nitrogen and oxygen atoms in total. The number of carbonyl (C=O) groups excluding carboxylic acids is 1. The van der Waals surface area contributed by atoms with Gasteiger partial charge in [-0.1, -0.05) is 15.9 Å². The summed E-state index contributed by atoms with van der Waals surface area (Å²) in [4.78, 5) is 14.6. The lowest BCUT2D eigenvalue weighted by atomic mass is 10.1. The smallest absolute Gasteiger partial charge is 0.223 e. The highest BCUT2D eigenvalue weighted by molar-refractivity contribution is 9.10. The fraction of sp³-hybridized carbons (Fsp3) is 0.562. The van der Waals surface area contributed by atoms with E-state index in [1.54, 1.807) is 0 Å². The van der Waals surface area contributed by atoms with Crippen molar-refractivity contribution in [3.8, 4) is 0 Å². The zero-order valence-corrected chi connectivity index (χ0v) is 13.7. The molecule has 3 atom stereocenters. The van der Waals surface area contributed by atoms with Crippen molar-refractivity contribution in [1.29, 1.82) is 0 Å². The van der Waals surface area contributed by atoms with E-state index >= 15 is 0 Å². The maximum Gasteiger partial charge on any atom is 0.223 e. The van der Waals surface area contributed by atoms with Crippen LogP contribution in [0.1, 0.15) is 25.7 Å². The summed E-state index contributed by atoms with van der Waals surface area (Å²) in [5, 5.41) is 3.21. The molecule has 5 heteroatoms. The van der Waals surface area contributed by atoms with Crippen molar-refractivity contribution in [2.45, 2.75) is 37.8 Å². The quantitative estimate of drug-likeness (QED) is 0.878. The fourth-order valence-electron chi connectivity index (χ4n) is 3.34. The Kier molecular flexibility index (Phi) is 4.50. The molecule has 2 fully saturated rings. The molecule has 0 bridgehead atoms. The Morgan fingerprint density at radius 1 is 1.24 bits per heavy atom. The lowest BCUT2D eigenvalue weighted by Crippen LogP contribution is -2.40. The maximum absolute atomic E-state index is 12.2. The number of hydrogen-bond donors (Lipinski definition) is 2. The van der Waals surface area contributed by atoms with Gasteiger partial charge in [0, 0.05) is 41.3 Å². The maximum atomic E-state index is 12.2. The number of nitrogens with two attached hydrogens (primary N) is 1. The van der Waals surface area contributed by atoms with Crippen LogP contribution in [0.15, 0.2) is 28.7 Å². The lowest BCUT2D eigenvalue weighted by molar-refractivity contribution is -0.125. The van der Waals surface area contributed by atoms with Crippen LogP contribution >= 0.6 is 15.9 Å². The van der Waals surface area contributed by atoms with Gasteiger partial charge in [0.25, 0.3) is 0 Å². The molecule has 1 aliphatic carbocycles. The first-order valence-corrected chi connectivity index (χ1v) is 8.47. The number of nitrogens with zero attached hydrogens (tertiary/aromatic N) is 1. The largest absolute Gasteiger partial charge is 0.369 e. The van der Waals surface area contributed by atoms with Crippen LogP contribution in [0.5, 0.6) is 0 Å². The van der Waals surface area contributed by atoms with Crippen molar-refractivity contribution in [3.63, 3.8) is 0 Å². The van der Waals surface area contributed by atoms with Gasteiger partial charge < -0.3 is 16.0 Å². The highest BCUT2D eigenvalue weighted by Crippen LogP contribution is 2.26. The summed E-state index contributed by atoms with van der Waals surface area (Å²) in [5.41, 5.74) is 7.11. The third-order valence-corrected chi connectivity index (χ3v) is 5.10. The monoisotopic (exact) mass is 351 g/mol. The van der Waals surface area contributed by atoms with Crippen molar-refractivity contribution in [3.05, 3.63) is 28.7 Å². The number of amides is 1. The Morgan fingerprint density at radius 2 is 2.00 bits per heavy atom. The van der Waals surface area contributed by atoms with Gasteiger partial charge in [0.2, 0.25) is 5.91 Å². The zero-order valence-electron chi connectivity index (χ0n) is 12.1. The van der Waals surface area contributed by atoms with Crippen molar-refractivity contribution in [1.82, 2.24) is 5.32 Å². The average molecular weight is 352 g/mol. The molecule has 2 aliphatic rings.